The molecule has 0 bridgehead atoms. The average molecular weight is 402 g/mol. The molecular formula is C13H11IN2O5. The molecule has 1 heterocycles. The highest BCUT2D eigenvalue weighted by molar-refractivity contribution is 14.1. The Morgan fingerprint density at radius 1 is 1.14 bits per heavy atom. The molecule has 0 amide bonds. The fraction of sp³-hybridized carbons (Fsp3) is 0.154. The van der Waals surface area contributed by atoms with E-state index in [4.69, 9.17) is 19.3 Å². The number of halogens is 1. The number of rotatable bonds is 5. The lowest BCUT2D eigenvalue weighted by atomic mass is 10.2. The van der Waals surface area contributed by atoms with Crippen molar-refractivity contribution >= 4 is 28.6 Å². The molecule has 0 saturated carbocycles. The predicted octanol–water partition coefficient (Wildman–Crippen LogP) is 2.59. The highest BCUT2D eigenvalue weighted by atomic mass is 127. The van der Waals surface area contributed by atoms with E-state index in [0.717, 1.165) is 3.57 Å². The van der Waals surface area contributed by atoms with Gasteiger partial charge in [0, 0.05) is 0 Å². The van der Waals surface area contributed by atoms with E-state index in [9.17, 15) is 4.79 Å². The molecule has 0 spiro atoms. The van der Waals surface area contributed by atoms with Gasteiger partial charge in [0.2, 0.25) is 11.8 Å². The van der Waals surface area contributed by atoms with Crippen LogP contribution in [0.3, 0.4) is 0 Å². The summed E-state index contributed by atoms with van der Waals surface area (Å²) < 4.78 is 16.3. The number of ether oxygens (including phenoxy) is 3. The largest absolute Gasteiger partial charge is 0.481 e. The third-order valence-corrected chi connectivity index (χ3v) is 3.35. The van der Waals surface area contributed by atoms with E-state index in [1.54, 1.807) is 6.07 Å². The number of hydrogen-bond acceptors (Lipinski definition) is 6. The SMILES string of the molecule is COc1cc(OC)nc(Oc2cc(C(=O)O)ccc2I)n1. The summed E-state index contributed by atoms with van der Waals surface area (Å²) in [5, 5.41) is 9.00. The van der Waals surface area contributed by atoms with Crippen molar-refractivity contribution in [1.29, 1.82) is 0 Å². The number of aromatic carboxylic acids is 1. The number of nitrogens with zero attached hydrogens (tertiary/aromatic N) is 2. The number of methoxy groups -OCH3 is 2. The summed E-state index contributed by atoms with van der Waals surface area (Å²) in [5.74, 6) is -0.145. The molecular weight excluding hydrogens is 391 g/mol. The quantitative estimate of drug-likeness (QED) is 0.769. The zero-order chi connectivity index (χ0) is 15.4. The molecule has 1 aromatic carbocycles. The number of carbonyl (C=O) groups is 1. The summed E-state index contributed by atoms with van der Waals surface area (Å²) in [6.07, 6.45) is 0. The van der Waals surface area contributed by atoms with Crippen molar-refractivity contribution in [1.82, 2.24) is 9.97 Å². The topological polar surface area (TPSA) is 90.8 Å². The molecule has 2 rings (SSSR count). The highest BCUT2D eigenvalue weighted by Crippen LogP contribution is 2.28. The molecule has 110 valence electrons. The Bertz CT molecular complexity index is 655. The maximum Gasteiger partial charge on any atom is 0.335 e. The molecule has 8 heteroatoms. The molecule has 0 radical (unpaired) electrons. The molecule has 0 atom stereocenters. The van der Waals surface area contributed by atoms with Gasteiger partial charge in [-0.2, -0.15) is 9.97 Å². The second kappa shape index (κ2) is 6.57. The molecule has 0 aliphatic carbocycles. The van der Waals surface area contributed by atoms with Crippen molar-refractivity contribution in [2.45, 2.75) is 0 Å². The Morgan fingerprint density at radius 3 is 2.29 bits per heavy atom. The Labute approximate surface area is 134 Å². The zero-order valence-electron chi connectivity index (χ0n) is 11.2. The van der Waals surface area contributed by atoms with Gasteiger partial charge >= 0.3 is 12.0 Å². The number of carboxylic acid groups (broad SMARTS) is 1. The van der Waals surface area contributed by atoms with Crippen LogP contribution in [-0.2, 0) is 0 Å². The van der Waals surface area contributed by atoms with Crippen LogP contribution in [0.25, 0.3) is 0 Å². The molecule has 0 unspecified atom stereocenters. The Morgan fingerprint density at radius 2 is 1.76 bits per heavy atom. The molecule has 21 heavy (non-hydrogen) atoms. The number of benzene rings is 1. The number of aromatic nitrogens is 2. The molecule has 0 saturated heterocycles. The van der Waals surface area contributed by atoms with Gasteiger partial charge in [0.1, 0.15) is 5.75 Å². The van der Waals surface area contributed by atoms with Crippen LogP contribution in [0.1, 0.15) is 10.4 Å². The number of carboxylic acids is 1. The minimum absolute atomic E-state index is 0.00616. The fourth-order valence-electron chi connectivity index (χ4n) is 1.45. The molecule has 0 aliphatic heterocycles. The van der Waals surface area contributed by atoms with Gasteiger partial charge in [-0.25, -0.2) is 4.79 Å². The molecule has 7 nitrogen and oxygen atoms in total. The Kier molecular flexibility index (Phi) is 4.78. The lowest BCUT2D eigenvalue weighted by molar-refractivity contribution is 0.0696. The lowest BCUT2D eigenvalue weighted by Gasteiger charge is -2.09. The minimum Gasteiger partial charge on any atom is -0.481 e. The van der Waals surface area contributed by atoms with E-state index in [-0.39, 0.29) is 23.3 Å². The maximum absolute atomic E-state index is 11.0. The minimum atomic E-state index is -1.04. The van der Waals surface area contributed by atoms with Crippen LogP contribution in [0, 0.1) is 3.57 Å². The summed E-state index contributed by atoms with van der Waals surface area (Å²) in [5.41, 5.74) is 0.111. The summed E-state index contributed by atoms with van der Waals surface area (Å²) >= 11 is 2.03. The standard InChI is InChI=1S/C13H11IN2O5/c1-19-10-6-11(20-2)16-13(15-10)21-9-5-7(12(17)18)3-4-8(9)14/h3-6H,1-2H3,(H,17,18). The molecule has 2 aromatic rings. The first-order valence-corrected chi connectivity index (χ1v) is 6.79. The van der Waals surface area contributed by atoms with Crippen LogP contribution in [0.2, 0.25) is 0 Å². The maximum atomic E-state index is 11.0. The summed E-state index contributed by atoms with van der Waals surface area (Å²) in [7, 11) is 2.92. The molecule has 0 aliphatic rings. The van der Waals surface area contributed by atoms with Gasteiger partial charge < -0.3 is 19.3 Å². The van der Waals surface area contributed by atoms with Gasteiger partial charge in [0.05, 0.1) is 29.4 Å². The summed E-state index contributed by atoms with van der Waals surface area (Å²) in [6, 6.07) is 6.04. The highest BCUT2D eigenvalue weighted by Gasteiger charge is 2.12. The monoisotopic (exact) mass is 402 g/mol. The van der Waals surface area contributed by atoms with Crippen molar-refractivity contribution in [3.05, 3.63) is 33.4 Å². The van der Waals surface area contributed by atoms with E-state index in [0.29, 0.717) is 5.75 Å². The summed E-state index contributed by atoms with van der Waals surface area (Å²) in [4.78, 5) is 19.0. The van der Waals surface area contributed by atoms with Crippen LogP contribution >= 0.6 is 22.6 Å². The zero-order valence-corrected chi connectivity index (χ0v) is 13.3. The number of hydrogen-bond donors (Lipinski definition) is 1. The third kappa shape index (κ3) is 3.72. The van der Waals surface area contributed by atoms with E-state index < -0.39 is 5.97 Å². The Hall–Kier alpha value is -2.10. The first-order valence-electron chi connectivity index (χ1n) is 5.71. The lowest BCUT2D eigenvalue weighted by Crippen LogP contribution is -2.01. The van der Waals surface area contributed by atoms with Gasteiger partial charge in [-0.3, -0.25) is 0 Å². The van der Waals surface area contributed by atoms with Crippen molar-refractivity contribution in [3.63, 3.8) is 0 Å². The predicted molar refractivity (Wildman–Crippen MR) is 81.3 cm³/mol. The average Bonchev–Trinajstić information content (AvgIpc) is 2.48. The fourth-order valence-corrected chi connectivity index (χ4v) is 1.90. The van der Waals surface area contributed by atoms with E-state index >= 15 is 0 Å². The van der Waals surface area contributed by atoms with Crippen molar-refractivity contribution < 1.29 is 24.1 Å². The van der Waals surface area contributed by atoms with Gasteiger partial charge in [0.25, 0.3) is 0 Å². The second-order valence-electron chi connectivity index (χ2n) is 3.79. The van der Waals surface area contributed by atoms with Gasteiger partial charge in [-0.15, -0.1) is 0 Å². The normalized spacial score (nSPS) is 10.0. The van der Waals surface area contributed by atoms with Crippen molar-refractivity contribution in [2.75, 3.05) is 14.2 Å². The van der Waals surface area contributed by atoms with Gasteiger partial charge in [-0.1, -0.05) is 0 Å². The first-order chi connectivity index (χ1) is 10.0. The first kappa shape index (κ1) is 15.3. The molecule has 1 aromatic heterocycles. The Balaban J connectivity index is 2.37. The van der Waals surface area contributed by atoms with Crippen LogP contribution in [0.5, 0.6) is 23.5 Å². The van der Waals surface area contributed by atoms with E-state index in [1.807, 2.05) is 22.6 Å². The summed E-state index contributed by atoms with van der Waals surface area (Å²) in [6.45, 7) is 0. The van der Waals surface area contributed by atoms with E-state index in [1.165, 1.54) is 32.4 Å². The van der Waals surface area contributed by atoms with Crippen molar-refractivity contribution in [3.8, 4) is 23.5 Å². The van der Waals surface area contributed by atoms with Crippen LogP contribution in [0.15, 0.2) is 24.3 Å². The van der Waals surface area contributed by atoms with E-state index in [2.05, 4.69) is 9.97 Å². The van der Waals surface area contributed by atoms with Crippen LogP contribution < -0.4 is 14.2 Å². The van der Waals surface area contributed by atoms with Crippen LogP contribution in [-0.4, -0.2) is 35.3 Å². The van der Waals surface area contributed by atoms with Gasteiger partial charge in [-0.05, 0) is 40.8 Å². The molecule has 0 fully saturated rings. The smallest absolute Gasteiger partial charge is 0.335 e. The van der Waals surface area contributed by atoms with Crippen LogP contribution in [0.4, 0.5) is 0 Å². The molecule has 1 N–H and O–H groups in total. The second-order valence-corrected chi connectivity index (χ2v) is 4.95. The van der Waals surface area contributed by atoms with Gasteiger partial charge in [0.15, 0.2) is 0 Å². The third-order valence-electron chi connectivity index (χ3n) is 2.46. The van der Waals surface area contributed by atoms with Crippen molar-refractivity contribution in [2.24, 2.45) is 0 Å².